The Hall–Kier alpha value is -1.46. The molecule has 1 saturated carbocycles. The zero-order valence-corrected chi connectivity index (χ0v) is 12.7. The number of halogens is 1. The molecule has 1 aliphatic heterocycles. The van der Waals surface area contributed by atoms with Crippen LogP contribution in [0.25, 0.3) is 0 Å². The lowest BCUT2D eigenvalue weighted by atomic mass is 9.86. The average Bonchev–Trinajstić information content (AvgIpc) is 2.92. The van der Waals surface area contributed by atoms with E-state index < -0.39 is 0 Å². The minimum atomic E-state index is -0.0672. The van der Waals surface area contributed by atoms with E-state index in [2.05, 4.69) is 5.32 Å². The van der Waals surface area contributed by atoms with E-state index in [0.29, 0.717) is 29.5 Å². The molecule has 0 spiro atoms. The molecule has 1 amide bonds. The molecule has 1 aromatic carbocycles. The van der Waals surface area contributed by atoms with Crippen molar-refractivity contribution < 1.29 is 14.3 Å². The summed E-state index contributed by atoms with van der Waals surface area (Å²) in [6.45, 7) is 0.918. The van der Waals surface area contributed by atoms with E-state index in [9.17, 15) is 4.79 Å². The van der Waals surface area contributed by atoms with Crippen molar-refractivity contribution in [2.45, 2.75) is 31.7 Å². The smallest absolute Gasteiger partial charge is 0.251 e. The van der Waals surface area contributed by atoms with E-state index in [4.69, 9.17) is 15.2 Å². The molecule has 6 heteroatoms. The Bertz CT molecular complexity index is 510. The van der Waals surface area contributed by atoms with Crippen molar-refractivity contribution in [2.75, 3.05) is 13.3 Å². The predicted molar refractivity (Wildman–Crippen MR) is 82.1 cm³/mol. The molecule has 0 radical (unpaired) electrons. The van der Waals surface area contributed by atoms with Crippen LogP contribution in [0, 0.1) is 5.92 Å². The van der Waals surface area contributed by atoms with Crippen LogP contribution in [-0.4, -0.2) is 25.3 Å². The van der Waals surface area contributed by atoms with Crippen molar-refractivity contribution >= 4 is 18.3 Å². The number of nitrogens with two attached hydrogens (primary N) is 1. The summed E-state index contributed by atoms with van der Waals surface area (Å²) in [4.78, 5) is 12.1. The summed E-state index contributed by atoms with van der Waals surface area (Å²) in [6, 6.07) is 5.55. The van der Waals surface area contributed by atoms with Crippen LogP contribution < -0.4 is 20.5 Å². The third-order valence-corrected chi connectivity index (χ3v) is 4.01. The van der Waals surface area contributed by atoms with Gasteiger partial charge in [-0.05, 0) is 43.4 Å². The molecule has 3 rings (SSSR count). The van der Waals surface area contributed by atoms with Gasteiger partial charge in [0.2, 0.25) is 6.79 Å². The van der Waals surface area contributed by atoms with Crippen molar-refractivity contribution in [3.63, 3.8) is 0 Å². The number of rotatable bonds is 3. The van der Waals surface area contributed by atoms with E-state index in [1.165, 1.54) is 0 Å². The van der Waals surface area contributed by atoms with Crippen molar-refractivity contribution in [1.29, 1.82) is 0 Å². The van der Waals surface area contributed by atoms with Gasteiger partial charge in [0.1, 0.15) is 0 Å². The largest absolute Gasteiger partial charge is 0.454 e. The van der Waals surface area contributed by atoms with Crippen molar-refractivity contribution in [2.24, 2.45) is 11.7 Å². The van der Waals surface area contributed by atoms with Crippen LogP contribution in [0.3, 0.4) is 0 Å². The molecule has 1 aromatic rings. The maximum absolute atomic E-state index is 12.1. The number of hydrogen-bond acceptors (Lipinski definition) is 4. The second kappa shape index (κ2) is 7.00. The first-order chi connectivity index (χ1) is 9.72. The first-order valence-electron chi connectivity index (χ1n) is 7.16. The standard InChI is InChI=1S/C15H20N2O3.ClH/c16-12-3-1-2-10(6-12)8-17-15(18)11-4-5-13-14(7-11)20-9-19-13;/h4-5,7,10,12H,1-3,6,8-9,16H2,(H,17,18);1H. The van der Waals surface area contributed by atoms with E-state index >= 15 is 0 Å². The van der Waals surface area contributed by atoms with Crippen LogP contribution in [0.4, 0.5) is 0 Å². The van der Waals surface area contributed by atoms with E-state index in [-0.39, 0.29) is 31.1 Å². The van der Waals surface area contributed by atoms with Crippen molar-refractivity contribution in [3.05, 3.63) is 23.8 Å². The molecule has 3 N–H and O–H groups in total. The molecule has 1 aliphatic carbocycles. The molecular weight excluding hydrogens is 292 g/mol. The topological polar surface area (TPSA) is 73.6 Å². The van der Waals surface area contributed by atoms with Crippen LogP contribution in [0.1, 0.15) is 36.0 Å². The lowest BCUT2D eigenvalue weighted by Gasteiger charge is -2.26. The highest BCUT2D eigenvalue weighted by molar-refractivity contribution is 5.94. The van der Waals surface area contributed by atoms with E-state index in [0.717, 1.165) is 25.7 Å². The summed E-state index contributed by atoms with van der Waals surface area (Å²) in [5.41, 5.74) is 6.57. The number of hydrogen-bond donors (Lipinski definition) is 2. The Morgan fingerprint density at radius 3 is 2.90 bits per heavy atom. The Kier molecular flexibility index (Phi) is 5.31. The first-order valence-corrected chi connectivity index (χ1v) is 7.16. The fourth-order valence-corrected chi connectivity index (χ4v) is 2.89. The van der Waals surface area contributed by atoms with Gasteiger partial charge in [-0.15, -0.1) is 12.4 Å². The highest BCUT2D eigenvalue weighted by Gasteiger charge is 2.21. The number of carbonyl (C=O) groups excluding carboxylic acids is 1. The third kappa shape index (κ3) is 3.80. The number of amides is 1. The fraction of sp³-hybridized carbons (Fsp3) is 0.533. The SMILES string of the molecule is Cl.NC1CCCC(CNC(=O)c2ccc3c(c2)OCO3)C1. The molecule has 1 fully saturated rings. The van der Waals surface area contributed by atoms with Crippen LogP contribution in [-0.2, 0) is 0 Å². The number of ether oxygens (including phenoxy) is 2. The Morgan fingerprint density at radius 1 is 1.29 bits per heavy atom. The third-order valence-electron chi connectivity index (χ3n) is 4.01. The van der Waals surface area contributed by atoms with Crippen LogP contribution in [0.5, 0.6) is 11.5 Å². The quantitative estimate of drug-likeness (QED) is 0.896. The summed E-state index contributed by atoms with van der Waals surface area (Å²) in [5.74, 6) is 1.76. The number of benzene rings is 1. The zero-order chi connectivity index (χ0) is 13.9. The Balaban J connectivity index is 0.00000161. The number of carbonyl (C=O) groups is 1. The molecule has 2 atom stereocenters. The van der Waals surface area contributed by atoms with Crippen LogP contribution >= 0.6 is 12.4 Å². The first kappa shape index (κ1) is 15.9. The molecular formula is C15H21ClN2O3. The van der Waals surface area contributed by atoms with Gasteiger partial charge < -0.3 is 20.5 Å². The molecule has 0 saturated heterocycles. The maximum atomic E-state index is 12.1. The van der Waals surface area contributed by atoms with Gasteiger partial charge in [-0.25, -0.2) is 0 Å². The van der Waals surface area contributed by atoms with Gasteiger partial charge in [0.25, 0.3) is 5.91 Å². The minimum absolute atomic E-state index is 0. The highest BCUT2D eigenvalue weighted by Crippen LogP contribution is 2.32. The van der Waals surface area contributed by atoms with Gasteiger partial charge in [0, 0.05) is 18.2 Å². The summed E-state index contributed by atoms with van der Waals surface area (Å²) in [6.07, 6.45) is 4.41. The molecule has 21 heavy (non-hydrogen) atoms. The lowest BCUT2D eigenvalue weighted by Crippen LogP contribution is -2.35. The molecule has 1 heterocycles. The molecule has 0 aromatic heterocycles. The Morgan fingerprint density at radius 2 is 2.10 bits per heavy atom. The second-order valence-corrected chi connectivity index (χ2v) is 5.57. The van der Waals surface area contributed by atoms with Gasteiger partial charge in [-0.1, -0.05) is 6.42 Å². The summed E-state index contributed by atoms with van der Waals surface area (Å²) in [5, 5.41) is 2.99. The average molecular weight is 313 g/mol. The number of nitrogens with one attached hydrogen (secondary N) is 1. The van der Waals surface area contributed by atoms with Crippen LogP contribution in [0.2, 0.25) is 0 Å². The van der Waals surface area contributed by atoms with E-state index in [1.54, 1.807) is 18.2 Å². The number of fused-ring (bicyclic) bond motifs is 1. The molecule has 2 unspecified atom stereocenters. The van der Waals surface area contributed by atoms with Crippen LogP contribution in [0.15, 0.2) is 18.2 Å². The van der Waals surface area contributed by atoms with Crippen molar-refractivity contribution in [1.82, 2.24) is 5.32 Å². The predicted octanol–water partition coefficient (Wildman–Crippen LogP) is 2.08. The second-order valence-electron chi connectivity index (χ2n) is 5.57. The van der Waals surface area contributed by atoms with Gasteiger partial charge >= 0.3 is 0 Å². The monoisotopic (exact) mass is 312 g/mol. The molecule has 2 aliphatic rings. The summed E-state index contributed by atoms with van der Waals surface area (Å²) < 4.78 is 10.5. The van der Waals surface area contributed by atoms with Gasteiger partial charge in [0.05, 0.1) is 0 Å². The summed E-state index contributed by atoms with van der Waals surface area (Å²) >= 11 is 0. The van der Waals surface area contributed by atoms with Crippen molar-refractivity contribution in [3.8, 4) is 11.5 Å². The molecule has 116 valence electrons. The normalized spacial score (nSPS) is 23.3. The summed E-state index contributed by atoms with van der Waals surface area (Å²) in [7, 11) is 0. The van der Waals surface area contributed by atoms with E-state index in [1.807, 2.05) is 0 Å². The van der Waals surface area contributed by atoms with Gasteiger partial charge in [-0.2, -0.15) is 0 Å². The highest BCUT2D eigenvalue weighted by atomic mass is 35.5. The van der Waals surface area contributed by atoms with Gasteiger partial charge in [-0.3, -0.25) is 4.79 Å². The fourth-order valence-electron chi connectivity index (χ4n) is 2.89. The lowest BCUT2D eigenvalue weighted by molar-refractivity contribution is 0.0942. The zero-order valence-electron chi connectivity index (χ0n) is 11.8. The Labute approximate surface area is 130 Å². The van der Waals surface area contributed by atoms with Gasteiger partial charge in [0.15, 0.2) is 11.5 Å². The minimum Gasteiger partial charge on any atom is -0.454 e. The molecule has 5 nitrogen and oxygen atoms in total. The molecule has 0 bridgehead atoms. The maximum Gasteiger partial charge on any atom is 0.251 e.